The summed E-state index contributed by atoms with van der Waals surface area (Å²) in [6.07, 6.45) is 0. The molecule has 2 aliphatic heterocycles. The molecule has 4 heterocycles. The van der Waals surface area contributed by atoms with Gasteiger partial charge in [0.05, 0.1) is 19.3 Å². The molecule has 2 aromatic carbocycles. The fourth-order valence-corrected chi connectivity index (χ4v) is 4.77. The number of benzene rings is 2. The Morgan fingerprint density at radius 1 is 1.14 bits per heavy atom. The number of nitrogens with one attached hydrogen (secondary N) is 2. The number of nitrogens with zero attached hydrogens (tertiary/aromatic N) is 3. The third-order valence-corrected chi connectivity index (χ3v) is 6.71. The number of carbonyl (C=O) groups excluding carboxylic acids is 3. The second-order valence-electron chi connectivity index (χ2n) is 8.94. The number of aryl methyl sites for hydroxylation is 1. The minimum Gasteiger partial charge on any atom is -0.497 e. The van der Waals surface area contributed by atoms with Gasteiger partial charge in [0.15, 0.2) is 5.54 Å². The van der Waals surface area contributed by atoms with E-state index in [1.165, 1.54) is 12.0 Å². The van der Waals surface area contributed by atoms with Crippen molar-refractivity contribution in [3.05, 3.63) is 65.4 Å². The summed E-state index contributed by atoms with van der Waals surface area (Å²) in [5.41, 5.74) is 7.66. The number of ether oxygens (including phenoxy) is 1. The molecule has 36 heavy (non-hydrogen) atoms. The number of fused-ring (bicyclic) bond motifs is 2. The van der Waals surface area contributed by atoms with E-state index in [0.717, 1.165) is 11.1 Å². The van der Waals surface area contributed by atoms with Crippen molar-refractivity contribution in [2.45, 2.75) is 12.1 Å². The molecule has 6 rings (SSSR count). The van der Waals surface area contributed by atoms with Gasteiger partial charge < -0.3 is 25.1 Å². The number of hydrogen-bond acceptors (Lipinski definition) is 7. The topological polar surface area (TPSA) is 145 Å². The van der Waals surface area contributed by atoms with Crippen LogP contribution < -0.4 is 21.1 Å². The fraction of sp³-hybridized carbons (Fsp3) is 0.200. The summed E-state index contributed by atoms with van der Waals surface area (Å²) >= 11 is 0. The van der Waals surface area contributed by atoms with Gasteiger partial charge >= 0.3 is 6.03 Å². The van der Waals surface area contributed by atoms with Crippen molar-refractivity contribution in [1.82, 2.24) is 25.3 Å². The van der Waals surface area contributed by atoms with Crippen LogP contribution in [-0.2, 0) is 23.9 Å². The van der Waals surface area contributed by atoms with E-state index in [9.17, 15) is 14.4 Å². The molecule has 0 spiro atoms. The first-order valence-electron chi connectivity index (χ1n) is 11.2. The summed E-state index contributed by atoms with van der Waals surface area (Å²) in [7, 11) is 3.29. The van der Waals surface area contributed by atoms with Gasteiger partial charge in [0.2, 0.25) is 0 Å². The Morgan fingerprint density at radius 2 is 1.97 bits per heavy atom. The van der Waals surface area contributed by atoms with Crippen LogP contribution in [0.5, 0.6) is 5.75 Å². The Hall–Kier alpha value is -4.80. The quantitative estimate of drug-likeness (QED) is 0.366. The van der Waals surface area contributed by atoms with Crippen molar-refractivity contribution in [3.63, 3.8) is 0 Å². The van der Waals surface area contributed by atoms with E-state index < -0.39 is 17.5 Å². The number of methoxy groups -OCH3 is 1. The van der Waals surface area contributed by atoms with Crippen LogP contribution >= 0.6 is 0 Å². The average Bonchev–Trinajstić information content (AvgIpc) is 3.59. The molecule has 0 radical (unpaired) electrons. The van der Waals surface area contributed by atoms with Gasteiger partial charge in [-0.25, -0.2) is 4.79 Å². The molecule has 1 atom stereocenters. The van der Waals surface area contributed by atoms with E-state index in [1.807, 2.05) is 18.2 Å². The van der Waals surface area contributed by atoms with Crippen LogP contribution in [0.1, 0.15) is 21.7 Å². The number of imide groups is 1. The third kappa shape index (κ3) is 3.20. The van der Waals surface area contributed by atoms with Crippen molar-refractivity contribution in [2.75, 3.05) is 19.4 Å². The molecule has 2 aromatic heterocycles. The van der Waals surface area contributed by atoms with Crippen molar-refractivity contribution >= 4 is 34.6 Å². The van der Waals surface area contributed by atoms with Crippen LogP contribution in [0.4, 0.5) is 10.6 Å². The lowest BCUT2D eigenvalue weighted by atomic mass is 9.95. The molecule has 1 fully saturated rings. The molecule has 182 valence electrons. The Balaban J connectivity index is 1.38. The number of hydrogen-bond donors (Lipinski definition) is 3. The lowest BCUT2D eigenvalue weighted by Gasteiger charge is -2.29. The number of aromatic nitrogens is 2. The molecule has 0 saturated carbocycles. The first kappa shape index (κ1) is 21.7. The molecule has 11 nitrogen and oxygen atoms in total. The molecule has 1 saturated heterocycles. The number of carbonyl (C=O) groups is 3. The first-order chi connectivity index (χ1) is 17.3. The molecule has 4 N–H and O–H groups in total. The number of amides is 4. The Kier molecular flexibility index (Phi) is 4.59. The number of nitrogens with two attached hydrogens (primary N) is 1. The molecular weight excluding hydrogens is 464 g/mol. The monoisotopic (exact) mass is 486 g/mol. The van der Waals surface area contributed by atoms with Gasteiger partial charge in [-0.3, -0.25) is 19.6 Å². The summed E-state index contributed by atoms with van der Waals surface area (Å²) in [6, 6.07) is 13.6. The van der Waals surface area contributed by atoms with Crippen LogP contribution in [0, 0.1) is 0 Å². The minimum atomic E-state index is -1.59. The average molecular weight is 486 g/mol. The summed E-state index contributed by atoms with van der Waals surface area (Å²) in [6.45, 7) is 0.179. The predicted octanol–water partition coefficient (Wildman–Crippen LogP) is 2.11. The normalized spacial score (nSPS) is 19.1. The molecule has 0 bridgehead atoms. The van der Waals surface area contributed by atoms with Crippen LogP contribution in [-0.4, -0.2) is 46.2 Å². The van der Waals surface area contributed by atoms with Gasteiger partial charge in [0.25, 0.3) is 11.8 Å². The molecule has 0 aliphatic carbocycles. The highest BCUT2D eigenvalue weighted by Crippen LogP contribution is 2.36. The van der Waals surface area contributed by atoms with Crippen LogP contribution in [0.15, 0.2) is 52.9 Å². The molecule has 0 unspecified atom stereocenters. The highest BCUT2D eigenvalue weighted by Gasteiger charge is 2.53. The molecule has 2 aliphatic rings. The van der Waals surface area contributed by atoms with Gasteiger partial charge in [-0.15, -0.1) is 0 Å². The van der Waals surface area contributed by atoms with Crippen molar-refractivity contribution < 1.29 is 23.5 Å². The zero-order valence-electron chi connectivity index (χ0n) is 19.5. The maximum atomic E-state index is 13.2. The van der Waals surface area contributed by atoms with E-state index in [2.05, 4.69) is 15.7 Å². The maximum absolute atomic E-state index is 13.2. The summed E-state index contributed by atoms with van der Waals surface area (Å²) in [5, 5.41) is 10.1. The number of rotatable bonds is 5. The van der Waals surface area contributed by atoms with Crippen molar-refractivity contribution in [3.8, 4) is 17.0 Å². The number of urea groups is 1. The lowest BCUT2D eigenvalue weighted by Crippen LogP contribution is -2.52. The minimum absolute atomic E-state index is 0.107. The van der Waals surface area contributed by atoms with E-state index >= 15 is 0 Å². The standard InChI is InChI=1S/C25H22N6O5/c1-30-21(26)10-18(29-30)13-4-6-19-15(7-13)8-20(36-19)25(23(33)27-24(34)28-25)12-31-11-14-3-5-16(35-2)9-17(14)22(31)32/h3-10H,11-12,26H2,1-2H3,(H2,27,28,33,34)/t25-/m0/s1. The van der Waals surface area contributed by atoms with Crippen LogP contribution in [0.2, 0.25) is 0 Å². The van der Waals surface area contributed by atoms with Gasteiger partial charge in [-0.1, -0.05) is 6.07 Å². The summed E-state index contributed by atoms with van der Waals surface area (Å²) in [5.74, 6) is 0.457. The van der Waals surface area contributed by atoms with Crippen molar-refractivity contribution in [1.29, 1.82) is 0 Å². The van der Waals surface area contributed by atoms with Crippen molar-refractivity contribution in [2.24, 2.45) is 7.05 Å². The van der Waals surface area contributed by atoms with E-state index in [1.54, 1.807) is 42.1 Å². The SMILES string of the molecule is COc1ccc2c(c1)C(=O)N(C[C@@]1(c3cc4cc(-c5cc(N)n(C)n5)ccc4o3)NC(=O)NC1=O)C2. The Bertz CT molecular complexity index is 1570. The van der Waals surface area contributed by atoms with Gasteiger partial charge in [-0.05, 0) is 42.0 Å². The Morgan fingerprint density at radius 3 is 2.67 bits per heavy atom. The number of furan rings is 1. The largest absolute Gasteiger partial charge is 0.497 e. The summed E-state index contributed by atoms with van der Waals surface area (Å²) < 4.78 is 12.9. The number of anilines is 1. The fourth-order valence-electron chi connectivity index (χ4n) is 4.77. The lowest BCUT2D eigenvalue weighted by molar-refractivity contribution is -0.125. The highest BCUT2D eigenvalue weighted by atomic mass is 16.5. The second kappa shape index (κ2) is 7.60. The van der Waals surface area contributed by atoms with E-state index in [4.69, 9.17) is 14.9 Å². The van der Waals surface area contributed by atoms with Gasteiger partial charge in [0.1, 0.15) is 22.9 Å². The first-order valence-corrected chi connectivity index (χ1v) is 11.2. The van der Waals surface area contributed by atoms with E-state index in [0.29, 0.717) is 33.8 Å². The smallest absolute Gasteiger partial charge is 0.322 e. The molecule has 4 aromatic rings. The second-order valence-corrected chi connectivity index (χ2v) is 8.94. The maximum Gasteiger partial charge on any atom is 0.322 e. The van der Waals surface area contributed by atoms with Crippen LogP contribution in [0.25, 0.3) is 22.2 Å². The van der Waals surface area contributed by atoms with E-state index in [-0.39, 0.29) is 24.8 Å². The predicted molar refractivity (Wildman–Crippen MR) is 129 cm³/mol. The molecular formula is C25H22N6O5. The van der Waals surface area contributed by atoms with Gasteiger partial charge in [0, 0.05) is 36.2 Å². The molecule has 11 heteroatoms. The third-order valence-electron chi connectivity index (χ3n) is 6.71. The zero-order chi connectivity index (χ0) is 25.2. The van der Waals surface area contributed by atoms with Gasteiger partial charge in [-0.2, -0.15) is 5.10 Å². The highest BCUT2D eigenvalue weighted by molar-refractivity contribution is 6.08. The van der Waals surface area contributed by atoms with Crippen LogP contribution in [0.3, 0.4) is 0 Å². The summed E-state index contributed by atoms with van der Waals surface area (Å²) in [4.78, 5) is 40.1. The zero-order valence-corrected chi connectivity index (χ0v) is 19.5. The Labute approximate surface area is 204 Å². The number of nitrogen functional groups attached to an aromatic ring is 1. The molecule has 4 amide bonds.